The smallest absolute Gasteiger partial charge is 0.341 e. The molecule has 1 aliphatic rings. The van der Waals surface area contributed by atoms with E-state index in [9.17, 15) is 9.59 Å². The molecule has 0 aromatic rings. The van der Waals surface area contributed by atoms with E-state index in [0.29, 0.717) is 5.92 Å². The normalized spacial score (nSPS) is 26.7. The highest BCUT2D eigenvalue weighted by atomic mass is 16.4. The molecule has 2 amide bonds. The fourth-order valence-corrected chi connectivity index (χ4v) is 2.17. The zero-order chi connectivity index (χ0) is 12.8. The van der Waals surface area contributed by atoms with Gasteiger partial charge in [0.05, 0.1) is 0 Å². The van der Waals surface area contributed by atoms with Crippen molar-refractivity contribution in [1.82, 2.24) is 10.6 Å². The average molecular weight is 243 g/mol. The van der Waals surface area contributed by atoms with E-state index in [-0.39, 0.29) is 6.04 Å². The van der Waals surface area contributed by atoms with Gasteiger partial charge in [-0.1, -0.05) is 26.2 Å². The first kappa shape index (κ1) is 13.8. The molecular weight excluding hydrogens is 222 g/mol. The Balaban J connectivity index is 2.36. The molecule has 17 heavy (non-hydrogen) atoms. The van der Waals surface area contributed by atoms with Crippen LogP contribution in [-0.4, -0.2) is 29.3 Å². The van der Waals surface area contributed by atoms with Crippen molar-refractivity contribution in [2.75, 3.05) is 0 Å². The molecule has 0 heterocycles. The lowest BCUT2D eigenvalue weighted by Crippen LogP contribution is -2.53. The van der Waals surface area contributed by atoms with E-state index < -0.39 is 18.2 Å². The maximum absolute atomic E-state index is 11.5. The number of amides is 2. The van der Waals surface area contributed by atoms with E-state index >= 15 is 0 Å². The lowest BCUT2D eigenvalue weighted by Gasteiger charge is -2.20. The van der Waals surface area contributed by atoms with Crippen molar-refractivity contribution >= 4 is 12.0 Å². The van der Waals surface area contributed by atoms with Crippen LogP contribution in [0.4, 0.5) is 4.79 Å². The number of aliphatic carboxylic acids is 1. The van der Waals surface area contributed by atoms with Crippen LogP contribution in [0.15, 0.2) is 0 Å². The number of hydrogen-bond donors (Lipinski definition) is 4. The van der Waals surface area contributed by atoms with Crippen molar-refractivity contribution in [3.63, 3.8) is 0 Å². The molecule has 6 nitrogen and oxygen atoms in total. The number of hydrogen-bond acceptors (Lipinski definition) is 3. The van der Waals surface area contributed by atoms with Crippen molar-refractivity contribution in [2.24, 2.45) is 11.7 Å². The third-order valence-electron chi connectivity index (χ3n) is 3.07. The highest BCUT2D eigenvalue weighted by Crippen LogP contribution is 2.22. The molecule has 3 unspecified atom stereocenters. The molecule has 0 aromatic heterocycles. The number of carboxylic acids is 1. The largest absolute Gasteiger partial charge is 0.479 e. The Bertz CT molecular complexity index is 283. The van der Waals surface area contributed by atoms with Gasteiger partial charge in [-0.15, -0.1) is 0 Å². The number of rotatable bonds is 3. The molecule has 0 bridgehead atoms. The Morgan fingerprint density at radius 1 is 1.35 bits per heavy atom. The predicted molar refractivity (Wildman–Crippen MR) is 63.3 cm³/mol. The van der Waals surface area contributed by atoms with Gasteiger partial charge in [0.2, 0.25) is 0 Å². The van der Waals surface area contributed by atoms with Gasteiger partial charge in [0.25, 0.3) is 0 Å². The predicted octanol–water partition coefficient (Wildman–Crippen LogP) is 0.624. The summed E-state index contributed by atoms with van der Waals surface area (Å²) in [6.45, 7) is 2.17. The van der Waals surface area contributed by atoms with Gasteiger partial charge in [0, 0.05) is 6.04 Å². The molecule has 3 atom stereocenters. The van der Waals surface area contributed by atoms with Gasteiger partial charge in [0.1, 0.15) is 0 Å². The fraction of sp³-hybridized carbons (Fsp3) is 0.818. The van der Waals surface area contributed by atoms with Gasteiger partial charge >= 0.3 is 12.0 Å². The molecule has 0 saturated heterocycles. The minimum absolute atomic E-state index is 0.119. The molecule has 5 N–H and O–H groups in total. The molecule has 6 heteroatoms. The second-order valence-corrected chi connectivity index (χ2v) is 4.76. The molecule has 0 aromatic carbocycles. The molecule has 98 valence electrons. The maximum Gasteiger partial charge on any atom is 0.341 e. The van der Waals surface area contributed by atoms with Gasteiger partial charge in [-0.2, -0.15) is 0 Å². The van der Waals surface area contributed by atoms with Crippen LogP contribution >= 0.6 is 0 Å². The molecular formula is C11H21N3O3. The maximum atomic E-state index is 11.5. The van der Waals surface area contributed by atoms with Crippen LogP contribution in [0, 0.1) is 5.92 Å². The third-order valence-corrected chi connectivity index (χ3v) is 3.07. The zero-order valence-corrected chi connectivity index (χ0v) is 10.1. The molecule has 1 saturated carbocycles. The molecule has 1 aliphatic carbocycles. The summed E-state index contributed by atoms with van der Waals surface area (Å²) in [4.78, 5) is 21.9. The summed E-state index contributed by atoms with van der Waals surface area (Å²) in [5.74, 6) is -0.648. The van der Waals surface area contributed by atoms with Gasteiger partial charge in [-0.3, -0.25) is 0 Å². The number of nitrogens with one attached hydrogen (secondary N) is 2. The van der Waals surface area contributed by atoms with E-state index in [1.165, 1.54) is 12.8 Å². The summed E-state index contributed by atoms with van der Waals surface area (Å²) in [5.41, 5.74) is 5.21. The quantitative estimate of drug-likeness (QED) is 0.431. The third kappa shape index (κ3) is 5.04. The molecule has 0 spiro atoms. The van der Waals surface area contributed by atoms with E-state index in [1.807, 2.05) is 0 Å². The molecule has 1 rings (SSSR count). The second-order valence-electron chi connectivity index (χ2n) is 4.76. The minimum atomic E-state index is -1.35. The number of nitrogens with two attached hydrogens (primary N) is 1. The van der Waals surface area contributed by atoms with E-state index in [4.69, 9.17) is 10.8 Å². The number of urea groups is 1. The summed E-state index contributed by atoms with van der Waals surface area (Å²) in [5, 5.41) is 13.5. The van der Waals surface area contributed by atoms with Crippen LogP contribution in [0.25, 0.3) is 0 Å². The van der Waals surface area contributed by atoms with Crippen LogP contribution in [0.2, 0.25) is 0 Å². The van der Waals surface area contributed by atoms with Crippen LogP contribution in [0.1, 0.15) is 39.0 Å². The van der Waals surface area contributed by atoms with Crippen molar-refractivity contribution in [1.29, 1.82) is 0 Å². The fourth-order valence-electron chi connectivity index (χ4n) is 2.17. The van der Waals surface area contributed by atoms with Gasteiger partial charge in [-0.05, 0) is 18.8 Å². The van der Waals surface area contributed by atoms with Crippen molar-refractivity contribution in [3.8, 4) is 0 Å². The number of carboxylic acid groups (broad SMARTS) is 1. The topological polar surface area (TPSA) is 104 Å². The average Bonchev–Trinajstić information content (AvgIpc) is 2.42. The first-order valence-corrected chi connectivity index (χ1v) is 6.04. The van der Waals surface area contributed by atoms with Crippen molar-refractivity contribution in [2.45, 2.75) is 51.2 Å². The summed E-state index contributed by atoms with van der Waals surface area (Å²) in [6.07, 6.45) is 4.01. The second kappa shape index (κ2) is 6.44. The molecule has 0 radical (unpaired) electrons. The summed E-state index contributed by atoms with van der Waals surface area (Å²) >= 11 is 0. The number of carbonyl (C=O) groups excluding carboxylic acids is 1. The zero-order valence-electron chi connectivity index (χ0n) is 10.1. The summed E-state index contributed by atoms with van der Waals surface area (Å²) in [6, 6.07) is -0.382. The first-order valence-electron chi connectivity index (χ1n) is 6.04. The molecule has 1 fully saturated rings. The first-order chi connectivity index (χ1) is 7.99. The monoisotopic (exact) mass is 243 g/mol. The van der Waals surface area contributed by atoms with Gasteiger partial charge in [-0.25, -0.2) is 9.59 Å². The van der Waals surface area contributed by atoms with E-state index in [1.54, 1.807) is 0 Å². The highest BCUT2D eigenvalue weighted by Gasteiger charge is 2.20. The summed E-state index contributed by atoms with van der Waals surface area (Å²) in [7, 11) is 0. The van der Waals surface area contributed by atoms with Crippen LogP contribution in [0.5, 0.6) is 0 Å². The highest BCUT2D eigenvalue weighted by molar-refractivity contribution is 5.82. The van der Waals surface area contributed by atoms with Crippen LogP contribution in [0.3, 0.4) is 0 Å². The Morgan fingerprint density at radius 2 is 2.00 bits per heavy atom. The SMILES string of the molecule is CC1CCCCC(NC(=O)NC(N)C(=O)O)C1. The lowest BCUT2D eigenvalue weighted by atomic mass is 10.0. The lowest BCUT2D eigenvalue weighted by molar-refractivity contribution is -0.139. The Hall–Kier alpha value is -1.30. The van der Waals surface area contributed by atoms with E-state index in [0.717, 1.165) is 19.3 Å². The van der Waals surface area contributed by atoms with Gasteiger partial charge < -0.3 is 21.5 Å². The van der Waals surface area contributed by atoms with Crippen molar-refractivity contribution < 1.29 is 14.7 Å². The number of carbonyl (C=O) groups is 2. The minimum Gasteiger partial charge on any atom is -0.479 e. The Morgan fingerprint density at radius 3 is 2.65 bits per heavy atom. The summed E-state index contributed by atoms with van der Waals surface area (Å²) < 4.78 is 0. The Labute approximate surface area is 101 Å². The van der Waals surface area contributed by atoms with Crippen molar-refractivity contribution in [3.05, 3.63) is 0 Å². The van der Waals surface area contributed by atoms with Gasteiger partial charge in [0.15, 0.2) is 6.17 Å². The van der Waals surface area contributed by atoms with E-state index in [2.05, 4.69) is 17.6 Å². The molecule has 0 aliphatic heterocycles. The standard InChI is InChI=1S/C11H21N3O3/c1-7-4-2-3-5-8(6-7)13-11(17)14-9(12)10(15)16/h7-9H,2-6,12H2,1H3,(H,15,16)(H2,13,14,17). The van der Waals surface area contributed by atoms with Crippen LogP contribution < -0.4 is 16.4 Å². The Kier molecular flexibility index (Phi) is 5.21. The van der Waals surface area contributed by atoms with Crippen LogP contribution in [-0.2, 0) is 4.79 Å².